The third kappa shape index (κ3) is 3.12. The van der Waals surface area contributed by atoms with E-state index in [4.69, 9.17) is 4.74 Å². The number of nitrogens with zero attached hydrogens (tertiary/aromatic N) is 4. The minimum atomic E-state index is -0.850. The van der Waals surface area contributed by atoms with Crippen LogP contribution >= 0.6 is 0 Å². The first-order valence-corrected chi connectivity index (χ1v) is 8.53. The van der Waals surface area contributed by atoms with Crippen molar-refractivity contribution >= 4 is 11.7 Å². The van der Waals surface area contributed by atoms with E-state index in [2.05, 4.69) is 14.9 Å². The van der Waals surface area contributed by atoms with E-state index in [0.717, 1.165) is 42.3 Å². The van der Waals surface area contributed by atoms with Crippen LogP contribution in [-0.2, 0) is 17.7 Å². The summed E-state index contributed by atoms with van der Waals surface area (Å²) in [5, 5.41) is 0. The molecule has 0 N–H and O–H groups in total. The van der Waals surface area contributed by atoms with Gasteiger partial charge in [-0.1, -0.05) is 0 Å². The van der Waals surface area contributed by atoms with E-state index in [-0.39, 0.29) is 12.1 Å². The van der Waals surface area contributed by atoms with Crippen molar-refractivity contribution in [3.63, 3.8) is 0 Å². The zero-order valence-electron chi connectivity index (χ0n) is 14.1. The Morgan fingerprint density at radius 2 is 1.92 bits per heavy atom. The average Bonchev–Trinajstić information content (AvgIpc) is 2.67. The number of hydrogen-bond donors (Lipinski definition) is 0. The van der Waals surface area contributed by atoms with Crippen molar-refractivity contribution in [3.05, 3.63) is 53.0 Å². The second-order valence-corrected chi connectivity index (χ2v) is 6.32. The molecule has 0 saturated carbocycles. The van der Waals surface area contributed by atoms with Crippen LogP contribution in [0.4, 0.5) is 14.6 Å². The minimum Gasteiger partial charge on any atom is -0.378 e. The predicted octanol–water partition coefficient (Wildman–Crippen LogP) is 1.79. The van der Waals surface area contributed by atoms with Crippen LogP contribution in [0.25, 0.3) is 0 Å². The SMILES string of the molecule is O=C(c1ccc(F)cc1F)N1CCc2c(ncnc2N2CCOCC2)C1. The third-order valence-corrected chi connectivity index (χ3v) is 4.74. The highest BCUT2D eigenvalue weighted by molar-refractivity contribution is 5.94. The number of benzene rings is 1. The molecule has 26 heavy (non-hydrogen) atoms. The molecule has 136 valence electrons. The van der Waals surface area contributed by atoms with Crippen LogP contribution in [0.1, 0.15) is 21.6 Å². The van der Waals surface area contributed by atoms with E-state index in [1.165, 1.54) is 17.3 Å². The quantitative estimate of drug-likeness (QED) is 0.817. The van der Waals surface area contributed by atoms with E-state index < -0.39 is 17.5 Å². The van der Waals surface area contributed by atoms with Gasteiger partial charge in [0.25, 0.3) is 5.91 Å². The third-order valence-electron chi connectivity index (χ3n) is 4.74. The van der Waals surface area contributed by atoms with Crippen LogP contribution in [0.3, 0.4) is 0 Å². The van der Waals surface area contributed by atoms with Gasteiger partial charge in [0.15, 0.2) is 0 Å². The molecule has 0 radical (unpaired) electrons. The van der Waals surface area contributed by atoms with Crippen molar-refractivity contribution in [1.82, 2.24) is 14.9 Å². The summed E-state index contributed by atoms with van der Waals surface area (Å²) in [7, 11) is 0. The van der Waals surface area contributed by atoms with Gasteiger partial charge in [0.05, 0.1) is 31.0 Å². The number of carbonyl (C=O) groups excluding carboxylic acids is 1. The fraction of sp³-hybridized carbons (Fsp3) is 0.389. The largest absolute Gasteiger partial charge is 0.378 e. The fourth-order valence-corrected chi connectivity index (χ4v) is 3.39. The second kappa shape index (κ2) is 6.95. The molecule has 0 spiro atoms. The molecule has 0 aliphatic carbocycles. The Bertz CT molecular complexity index is 840. The van der Waals surface area contributed by atoms with Gasteiger partial charge in [-0.3, -0.25) is 4.79 Å². The van der Waals surface area contributed by atoms with Gasteiger partial charge in [-0.2, -0.15) is 0 Å². The number of halogens is 2. The molecule has 2 aliphatic rings. The lowest BCUT2D eigenvalue weighted by molar-refractivity contribution is 0.0726. The van der Waals surface area contributed by atoms with E-state index in [0.29, 0.717) is 26.2 Å². The summed E-state index contributed by atoms with van der Waals surface area (Å²) in [6, 6.07) is 3.00. The lowest BCUT2D eigenvalue weighted by Crippen LogP contribution is -2.40. The molecule has 1 amide bonds. The Hall–Kier alpha value is -2.61. The minimum absolute atomic E-state index is 0.127. The van der Waals surface area contributed by atoms with Crippen LogP contribution in [0.2, 0.25) is 0 Å². The molecule has 2 aliphatic heterocycles. The summed E-state index contributed by atoms with van der Waals surface area (Å²) in [4.78, 5) is 25.1. The summed E-state index contributed by atoms with van der Waals surface area (Å²) in [5.41, 5.74) is 1.67. The molecule has 1 saturated heterocycles. The van der Waals surface area contributed by atoms with E-state index in [1.807, 2.05) is 0 Å². The first-order chi connectivity index (χ1) is 12.6. The predicted molar refractivity (Wildman–Crippen MR) is 89.9 cm³/mol. The van der Waals surface area contributed by atoms with Crippen LogP contribution in [0, 0.1) is 11.6 Å². The second-order valence-electron chi connectivity index (χ2n) is 6.32. The maximum absolute atomic E-state index is 13.9. The van der Waals surface area contributed by atoms with Gasteiger partial charge in [-0.05, 0) is 18.6 Å². The highest BCUT2D eigenvalue weighted by Crippen LogP contribution is 2.27. The zero-order chi connectivity index (χ0) is 18.1. The highest BCUT2D eigenvalue weighted by Gasteiger charge is 2.28. The number of morpholine rings is 1. The normalized spacial score (nSPS) is 17.2. The molecular weight excluding hydrogens is 342 g/mol. The monoisotopic (exact) mass is 360 g/mol. The maximum atomic E-state index is 13.9. The summed E-state index contributed by atoms with van der Waals surface area (Å²) >= 11 is 0. The number of amides is 1. The first-order valence-electron chi connectivity index (χ1n) is 8.53. The molecule has 8 heteroatoms. The van der Waals surface area contributed by atoms with Crippen molar-refractivity contribution in [2.24, 2.45) is 0 Å². The maximum Gasteiger partial charge on any atom is 0.257 e. The van der Waals surface area contributed by atoms with Crippen LogP contribution in [-0.4, -0.2) is 53.6 Å². The summed E-state index contributed by atoms with van der Waals surface area (Å²) in [6.45, 7) is 3.58. The molecule has 0 bridgehead atoms. The van der Waals surface area contributed by atoms with Gasteiger partial charge in [-0.25, -0.2) is 18.7 Å². The lowest BCUT2D eigenvalue weighted by atomic mass is 10.0. The number of fused-ring (bicyclic) bond motifs is 1. The van der Waals surface area contributed by atoms with Crippen molar-refractivity contribution in [2.75, 3.05) is 37.7 Å². The standard InChI is InChI=1S/C18H18F2N4O2/c19-12-1-2-13(15(20)9-12)18(25)24-4-3-14-16(10-24)21-11-22-17(14)23-5-7-26-8-6-23/h1-2,9,11H,3-8,10H2. The Morgan fingerprint density at radius 1 is 1.12 bits per heavy atom. The van der Waals surface area contributed by atoms with E-state index >= 15 is 0 Å². The molecule has 1 fully saturated rings. The lowest BCUT2D eigenvalue weighted by Gasteiger charge is -2.33. The number of aromatic nitrogens is 2. The molecule has 6 nitrogen and oxygen atoms in total. The van der Waals surface area contributed by atoms with Crippen LogP contribution < -0.4 is 4.90 Å². The Balaban J connectivity index is 1.57. The van der Waals surface area contributed by atoms with Gasteiger partial charge in [0.1, 0.15) is 23.8 Å². The van der Waals surface area contributed by atoms with Crippen LogP contribution in [0.15, 0.2) is 24.5 Å². The van der Waals surface area contributed by atoms with Crippen molar-refractivity contribution < 1.29 is 18.3 Å². The molecule has 0 unspecified atom stereocenters. The molecule has 2 aromatic rings. The van der Waals surface area contributed by atoms with E-state index in [9.17, 15) is 13.6 Å². The molecule has 1 aromatic heterocycles. The van der Waals surface area contributed by atoms with Crippen molar-refractivity contribution in [2.45, 2.75) is 13.0 Å². The van der Waals surface area contributed by atoms with Gasteiger partial charge in [-0.15, -0.1) is 0 Å². The van der Waals surface area contributed by atoms with Crippen LogP contribution in [0.5, 0.6) is 0 Å². The molecule has 4 rings (SSSR count). The number of rotatable bonds is 2. The molecular formula is C18H18F2N4O2. The van der Waals surface area contributed by atoms with Gasteiger partial charge >= 0.3 is 0 Å². The fourth-order valence-electron chi connectivity index (χ4n) is 3.39. The Morgan fingerprint density at radius 3 is 2.69 bits per heavy atom. The molecule has 1 aromatic carbocycles. The number of carbonyl (C=O) groups is 1. The summed E-state index contributed by atoms with van der Waals surface area (Å²) in [6.07, 6.45) is 2.09. The number of anilines is 1. The summed E-state index contributed by atoms with van der Waals surface area (Å²) in [5.74, 6) is -1.12. The summed E-state index contributed by atoms with van der Waals surface area (Å²) < 4.78 is 32.4. The molecule has 0 atom stereocenters. The van der Waals surface area contributed by atoms with Gasteiger partial charge in [0.2, 0.25) is 0 Å². The number of hydrogen-bond acceptors (Lipinski definition) is 5. The highest BCUT2D eigenvalue weighted by atomic mass is 19.1. The van der Waals surface area contributed by atoms with Gasteiger partial charge < -0.3 is 14.5 Å². The zero-order valence-corrected chi connectivity index (χ0v) is 14.1. The van der Waals surface area contributed by atoms with Crippen molar-refractivity contribution in [1.29, 1.82) is 0 Å². The first kappa shape index (κ1) is 16.8. The Kier molecular flexibility index (Phi) is 4.50. The number of ether oxygens (including phenoxy) is 1. The smallest absolute Gasteiger partial charge is 0.257 e. The average molecular weight is 360 g/mol. The van der Waals surface area contributed by atoms with E-state index in [1.54, 1.807) is 0 Å². The van der Waals surface area contributed by atoms with Gasteiger partial charge in [0, 0.05) is 31.3 Å². The van der Waals surface area contributed by atoms with Crippen molar-refractivity contribution in [3.8, 4) is 0 Å². The Labute approximate surface area is 149 Å². The topological polar surface area (TPSA) is 58.6 Å². The molecule has 3 heterocycles.